The van der Waals surface area contributed by atoms with E-state index in [4.69, 9.17) is 0 Å². The predicted molar refractivity (Wildman–Crippen MR) is 52.0 cm³/mol. The van der Waals surface area contributed by atoms with Gasteiger partial charge >= 0.3 is 6.18 Å². The number of hydrogen-bond donors (Lipinski definition) is 2. The van der Waals surface area contributed by atoms with Gasteiger partial charge in [0.2, 0.25) is 5.91 Å². The first kappa shape index (κ1) is 14.5. The highest BCUT2D eigenvalue weighted by Crippen LogP contribution is 2.13. The molecule has 3 nitrogen and oxygen atoms in total. The van der Waals surface area contributed by atoms with Gasteiger partial charge in [-0.05, 0) is 19.4 Å². The molecule has 1 aliphatic heterocycles. The fraction of sp³-hybridized carbons (Fsp3) is 0.875. The molecule has 1 amide bonds. The topological polar surface area (TPSA) is 41.1 Å². The molecule has 0 aliphatic carbocycles. The minimum absolute atomic E-state index is 0. The van der Waals surface area contributed by atoms with Crippen molar-refractivity contribution in [2.45, 2.75) is 31.5 Å². The fourth-order valence-electron chi connectivity index (χ4n) is 1.43. The lowest BCUT2D eigenvalue weighted by atomic mass is 10.1. The van der Waals surface area contributed by atoms with Crippen molar-refractivity contribution in [1.82, 2.24) is 10.6 Å². The van der Waals surface area contributed by atoms with Crippen molar-refractivity contribution in [2.24, 2.45) is 0 Å². The average Bonchev–Trinajstić information content (AvgIpc) is 2.52. The van der Waals surface area contributed by atoms with Gasteiger partial charge in [0.05, 0.1) is 0 Å². The van der Waals surface area contributed by atoms with Gasteiger partial charge in [0.15, 0.2) is 0 Å². The maximum atomic E-state index is 11.7. The summed E-state index contributed by atoms with van der Waals surface area (Å²) in [6.07, 6.45) is -2.34. The van der Waals surface area contributed by atoms with Crippen LogP contribution in [0.4, 0.5) is 13.2 Å². The Hall–Kier alpha value is -0.490. The highest BCUT2D eigenvalue weighted by molar-refractivity contribution is 5.85. The number of carbonyl (C=O) groups is 1. The summed E-state index contributed by atoms with van der Waals surface area (Å²) >= 11 is 0. The molecule has 0 bridgehead atoms. The normalized spacial score (nSPS) is 20.9. The third kappa shape index (κ3) is 6.57. The molecule has 1 unspecified atom stereocenters. The Balaban J connectivity index is 0.00000196. The number of nitrogens with one attached hydrogen (secondary N) is 2. The van der Waals surface area contributed by atoms with Gasteiger partial charge in [-0.2, -0.15) is 13.2 Å². The number of rotatable bonds is 3. The predicted octanol–water partition coefficient (Wildman–Crippen LogP) is 1.23. The van der Waals surface area contributed by atoms with Crippen molar-refractivity contribution in [3.63, 3.8) is 0 Å². The molecular formula is C8H14ClF3N2O. The van der Waals surface area contributed by atoms with Crippen LogP contribution < -0.4 is 10.6 Å². The highest BCUT2D eigenvalue weighted by atomic mass is 35.5. The molecule has 1 aliphatic rings. The van der Waals surface area contributed by atoms with Crippen LogP contribution in [0.3, 0.4) is 0 Å². The van der Waals surface area contributed by atoms with Crippen molar-refractivity contribution in [3.05, 3.63) is 0 Å². The fourth-order valence-corrected chi connectivity index (χ4v) is 1.43. The van der Waals surface area contributed by atoms with Gasteiger partial charge < -0.3 is 10.6 Å². The standard InChI is InChI=1S/C8H13F3N2O.ClH/c9-8(10,11)5-13-7(14)4-6-2-1-3-12-6;/h6,12H,1-5H2,(H,13,14);1H. The lowest BCUT2D eigenvalue weighted by molar-refractivity contribution is -0.138. The molecule has 90 valence electrons. The Kier molecular flexibility index (Phi) is 5.97. The summed E-state index contributed by atoms with van der Waals surface area (Å²) in [6, 6.07) is 0.0447. The molecule has 1 heterocycles. The zero-order chi connectivity index (χ0) is 10.6. The second kappa shape index (κ2) is 6.17. The Morgan fingerprint density at radius 1 is 1.47 bits per heavy atom. The van der Waals surface area contributed by atoms with Crippen LogP contribution in [0.5, 0.6) is 0 Å². The zero-order valence-corrected chi connectivity index (χ0v) is 8.88. The molecule has 0 aromatic heterocycles. The van der Waals surface area contributed by atoms with Crippen molar-refractivity contribution in [3.8, 4) is 0 Å². The number of alkyl halides is 3. The summed E-state index contributed by atoms with van der Waals surface area (Å²) in [4.78, 5) is 11.0. The zero-order valence-electron chi connectivity index (χ0n) is 8.06. The van der Waals surface area contributed by atoms with E-state index >= 15 is 0 Å². The third-order valence-electron chi connectivity index (χ3n) is 2.08. The first-order chi connectivity index (χ1) is 6.47. The molecule has 15 heavy (non-hydrogen) atoms. The van der Waals surface area contributed by atoms with E-state index in [0.29, 0.717) is 0 Å². The van der Waals surface area contributed by atoms with E-state index in [1.54, 1.807) is 0 Å². The number of halogens is 4. The Labute approximate surface area is 92.2 Å². The molecule has 1 saturated heterocycles. The van der Waals surface area contributed by atoms with Gasteiger partial charge in [0.1, 0.15) is 6.54 Å². The monoisotopic (exact) mass is 246 g/mol. The minimum atomic E-state index is -4.32. The van der Waals surface area contributed by atoms with Crippen LogP contribution in [-0.2, 0) is 4.79 Å². The molecule has 1 fully saturated rings. The van der Waals surface area contributed by atoms with Crippen LogP contribution in [0.1, 0.15) is 19.3 Å². The van der Waals surface area contributed by atoms with Gasteiger partial charge in [-0.25, -0.2) is 0 Å². The van der Waals surface area contributed by atoms with E-state index in [1.807, 2.05) is 5.32 Å². The molecule has 0 radical (unpaired) electrons. The van der Waals surface area contributed by atoms with E-state index in [9.17, 15) is 18.0 Å². The second-order valence-corrected chi connectivity index (χ2v) is 3.39. The third-order valence-corrected chi connectivity index (χ3v) is 2.08. The van der Waals surface area contributed by atoms with Crippen LogP contribution in [0.15, 0.2) is 0 Å². The average molecular weight is 247 g/mol. The van der Waals surface area contributed by atoms with E-state index in [2.05, 4.69) is 5.32 Å². The SMILES string of the molecule is Cl.O=C(CC1CCCN1)NCC(F)(F)F. The number of hydrogen-bond acceptors (Lipinski definition) is 2. The van der Waals surface area contributed by atoms with E-state index in [1.165, 1.54) is 0 Å². The van der Waals surface area contributed by atoms with Gasteiger partial charge in [0, 0.05) is 12.5 Å². The smallest absolute Gasteiger partial charge is 0.347 e. The molecule has 0 saturated carbocycles. The van der Waals surface area contributed by atoms with Crippen molar-refractivity contribution in [1.29, 1.82) is 0 Å². The van der Waals surface area contributed by atoms with E-state index in [-0.39, 0.29) is 24.9 Å². The van der Waals surface area contributed by atoms with E-state index in [0.717, 1.165) is 19.4 Å². The summed E-state index contributed by atoms with van der Waals surface area (Å²) in [6.45, 7) is -0.393. The maximum Gasteiger partial charge on any atom is 0.405 e. The summed E-state index contributed by atoms with van der Waals surface area (Å²) in [5, 5.41) is 4.89. The van der Waals surface area contributed by atoms with Gasteiger partial charge in [-0.3, -0.25) is 4.79 Å². The number of carbonyl (C=O) groups excluding carboxylic acids is 1. The van der Waals surface area contributed by atoms with Gasteiger partial charge in [-0.1, -0.05) is 0 Å². The Morgan fingerprint density at radius 3 is 2.60 bits per heavy atom. The molecule has 1 rings (SSSR count). The van der Waals surface area contributed by atoms with Crippen LogP contribution in [0.25, 0.3) is 0 Å². The lowest BCUT2D eigenvalue weighted by Crippen LogP contribution is -2.37. The molecule has 1 atom stereocenters. The summed E-state index contributed by atoms with van der Waals surface area (Å²) in [5.41, 5.74) is 0. The molecule has 2 N–H and O–H groups in total. The summed E-state index contributed by atoms with van der Waals surface area (Å²) < 4.78 is 35.1. The van der Waals surface area contributed by atoms with Crippen LogP contribution in [0.2, 0.25) is 0 Å². The number of amides is 1. The van der Waals surface area contributed by atoms with Crippen LogP contribution in [-0.4, -0.2) is 31.2 Å². The second-order valence-electron chi connectivity index (χ2n) is 3.39. The Morgan fingerprint density at radius 2 is 2.13 bits per heavy atom. The summed E-state index contributed by atoms with van der Waals surface area (Å²) in [5.74, 6) is -0.540. The maximum absolute atomic E-state index is 11.7. The Bertz CT molecular complexity index is 205. The molecule has 0 spiro atoms. The largest absolute Gasteiger partial charge is 0.405 e. The van der Waals surface area contributed by atoms with Crippen molar-refractivity contribution >= 4 is 18.3 Å². The van der Waals surface area contributed by atoms with Crippen molar-refractivity contribution in [2.75, 3.05) is 13.1 Å². The van der Waals surface area contributed by atoms with Gasteiger partial charge in [0.25, 0.3) is 0 Å². The lowest BCUT2D eigenvalue weighted by Gasteiger charge is -2.11. The van der Waals surface area contributed by atoms with Gasteiger partial charge in [-0.15, -0.1) is 12.4 Å². The molecular weight excluding hydrogens is 233 g/mol. The first-order valence-corrected chi connectivity index (χ1v) is 4.54. The van der Waals surface area contributed by atoms with Crippen molar-refractivity contribution < 1.29 is 18.0 Å². The van der Waals surface area contributed by atoms with Crippen LogP contribution >= 0.6 is 12.4 Å². The highest BCUT2D eigenvalue weighted by Gasteiger charge is 2.28. The molecule has 0 aromatic rings. The molecule has 0 aromatic carbocycles. The van der Waals surface area contributed by atoms with Crippen LogP contribution in [0, 0.1) is 0 Å². The quantitative estimate of drug-likeness (QED) is 0.787. The minimum Gasteiger partial charge on any atom is -0.347 e. The summed E-state index contributed by atoms with van der Waals surface area (Å²) in [7, 11) is 0. The van der Waals surface area contributed by atoms with E-state index < -0.39 is 18.6 Å². The molecule has 7 heteroatoms. The first-order valence-electron chi connectivity index (χ1n) is 4.54.